The second kappa shape index (κ2) is 20.9. The lowest BCUT2D eigenvalue weighted by Crippen LogP contribution is -2.35. The fourth-order valence-corrected chi connectivity index (χ4v) is 4.84. The number of aliphatic hydroxyl groups excluding tert-OH is 2. The Bertz CT molecular complexity index is 987. The topological polar surface area (TPSA) is 110 Å². The Morgan fingerprint density at radius 1 is 1.10 bits per heavy atom. The van der Waals surface area contributed by atoms with Crippen LogP contribution in [0, 0.1) is 5.92 Å². The van der Waals surface area contributed by atoms with Crippen molar-refractivity contribution < 1.29 is 24.9 Å². The number of nitrogens with zero attached hydrogens (tertiary/aromatic N) is 1. The first kappa shape index (κ1) is 36.1. The highest BCUT2D eigenvalue weighted by atomic mass is 16.4. The van der Waals surface area contributed by atoms with Crippen LogP contribution in [0.25, 0.3) is 0 Å². The number of hydrogen-bond acceptors (Lipinski definition) is 5. The Morgan fingerprint density at radius 3 is 2.49 bits per heavy atom. The first-order valence-corrected chi connectivity index (χ1v) is 15.2. The molecule has 0 aromatic heterocycles. The molecule has 7 nitrogen and oxygen atoms in total. The van der Waals surface area contributed by atoms with E-state index in [9.17, 15) is 19.8 Å². The van der Waals surface area contributed by atoms with Gasteiger partial charge >= 0.3 is 5.97 Å². The van der Waals surface area contributed by atoms with E-state index >= 15 is 0 Å². The van der Waals surface area contributed by atoms with Gasteiger partial charge in [-0.1, -0.05) is 75.0 Å². The minimum Gasteiger partial charge on any atom is -0.481 e. The fraction of sp³-hybridized carbons (Fsp3) is 0.588. The van der Waals surface area contributed by atoms with Gasteiger partial charge in [0, 0.05) is 30.1 Å². The number of aliphatic carboxylic acids is 1. The molecule has 1 aliphatic carbocycles. The Kier molecular flexibility index (Phi) is 18.4. The maximum absolute atomic E-state index is 13.9. The summed E-state index contributed by atoms with van der Waals surface area (Å²) >= 11 is 0. The third-order valence-corrected chi connectivity index (χ3v) is 7.01. The number of amides is 1. The largest absolute Gasteiger partial charge is 0.481 e. The number of carboxylic acid groups (broad SMARTS) is 1. The van der Waals surface area contributed by atoms with E-state index in [2.05, 4.69) is 73.5 Å². The van der Waals surface area contributed by atoms with Crippen LogP contribution in [0.15, 0.2) is 71.1 Å². The zero-order valence-electron chi connectivity index (χ0n) is 25.9. The average Bonchev–Trinajstić information content (AvgIpc) is 3.17. The van der Waals surface area contributed by atoms with Crippen molar-refractivity contribution in [2.24, 2.45) is 5.92 Å². The first-order valence-electron chi connectivity index (χ1n) is 15.2. The molecule has 4 N–H and O–H groups in total. The third-order valence-electron chi connectivity index (χ3n) is 7.01. The molecule has 41 heavy (non-hydrogen) atoms. The minimum atomic E-state index is -1.10. The monoisotopic (exact) mass is 570 g/mol. The van der Waals surface area contributed by atoms with Crippen molar-refractivity contribution in [2.45, 2.75) is 111 Å². The number of aliphatic hydroxyl groups is 2. The lowest BCUT2D eigenvalue weighted by Gasteiger charge is -2.33. The Labute approximate surface area is 248 Å². The van der Waals surface area contributed by atoms with Crippen molar-refractivity contribution in [3.8, 4) is 0 Å². The van der Waals surface area contributed by atoms with Crippen LogP contribution < -0.4 is 5.32 Å². The van der Waals surface area contributed by atoms with Crippen molar-refractivity contribution >= 4 is 11.9 Å². The summed E-state index contributed by atoms with van der Waals surface area (Å²) in [5.41, 5.74) is 3.79. The van der Waals surface area contributed by atoms with Gasteiger partial charge in [-0.15, -0.1) is 0 Å². The molecule has 0 bridgehead atoms. The van der Waals surface area contributed by atoms with Gasteiger partial charge in [0.15, 0.2) is 0 Å². The number of carbonyl (C=O) groups is 2. The maximum atomic E-state index is 13.9. The molecule has 2 atom stereocenters. The molecule has 1 aliphatic rings. The Hall–Kier alpha value is -2.90. The van der Waals surface area contributed by atoms with Crippen molar-refractivity contribution in [2.75, 3.05) is 13.1 Å². The van der Waals surface area contributed by atoms with E-state index in [0.717, 1.165) is 61.1 Å². The molecule has 0 aliphatic heterocycles. The van der Waals surface area contributed by atoms with E-state index in [-0.39, 0.29) is 18.2 Å². The van der Waals surface area contributed by atoms with Crippen LogP contribution in [0.3, 0.4) is 0 Å². The van der Waals surface area contributed by atoms with Crippen molar-refractivity contribution in [3.05, 3.63) is 71.1 Å². The molecule has 0 aromatic carbocycles. The SMILES string of the molecule is C/C=C(\C)CN(CC[C@@H](O)C[C@@H](O)CC(=O)O)/C(=C(\CC/C=C\C/C=C\CC)C(=O)NC1=CCC=CCC1)C(C)C. The van der Waals surface area contributed by atoms with Crippen LogP contribution in [0.5, 0.6) is 0 Å². The van der Waals surface area contributed by atoms with Gasteiger partial charge in [-0.05, 0) is 77.6 Å². The molecule has 1 rings (SSSR count). The molecule has 0 unspecified atom stereocenters. The van der Waals surface area contributed by atoms with Crippen LogP contribution in [0.1, 0.15) is 98.8 Å². The standard InChI is InChI=1S/C34H54N2O5/c1-6-8-9-10-11-12-17-20-31(34(41)35-28-18-15-13-14-16-19-28)33(26(3)4)36(25-27(5)7-2)22-21-29(37)23-30(38)24-32(39)40/h7-9,11-14,18,26,29-30,37-38H,6,10,15-17,19-25H2,1-5H3,(H,35,41)(H,39,40)/b9-8-,12-11-,27-7+,33-31+/t29-,30-/m1/s1. The van der Waals surface area contributed by atoms with E-state index in [0.29, 0.717) is 25.9 Å². The summed E-state index contributed by atoms with van der Waals surface area (Å²) in [6.45, 7) is 11.4. The first-order chi connectivity index (χ1) is 19.6. The summed E-state index contributed by atoms with van der Waals surface area (Å²) in [6.07, 6.45) is 20.6. The van der Waals surface area contributed by atoms with Gasteiger partial charge < -0.3 is 25.5 Å². The highest BCUT2D eigenvalue weighted by molar-refractivity contribution is 5.95. The molecule has 7 heteroatoms. The van der Waals surface area contributed by atoms with Gasteiger partial charge in [-0.3, -0.25) is 9.59 Å². The number of nitrogens with one attached hydrogen (secondary N) is 1. The molecule has 0 fully saturated rings. The van der Waals surface area contributed by atoms with Gasteiger partial charge in [0.05, 0.1) is 18.6 Å². The predicted molar refractivity (Wildman–Crippen MR) is 168 cm³/mol. The van der Waals surface area contributed by atoms with E-state index in [1.807, 2.05) is 19.9 Å². The third kappa shape index (κ3) is 15.6. The molecule has 230 valence electrons. The quantitative estimate of drug-likeness (QED) is 0.103. The van der Waals surface area contributed by atoms with Crippen LogP contribution >= 0.6 is 0 Å². The number of carboxylic acids is 1. The predicted octanol–water partition coefficient (Wildman–Crippen LogP) is 6.57. The second-order valence-corrected chi connectivity index (χ2v) is 11.1. The van der Waals surface area contributed by atoms with E-state index in [1.165, 1.54) is 0 Å². The molecule has 0 radical (unpaired) electrons. The Balaban J connectivity index is 3.33. The summed E-state index contributed by atoms with van der Waals surface area (Å²) in [5, 5.41) is 32.8. The molecule has 1 amide bonds. The highest BCUT2D eigenvalue weighted by Gasteiger charge is 2.25. The summed E-state index contributed by atoms with van der Waals surface area (Å²) in [6, 6.07) is 0. The van der Waals surface area contributed by atoms with Crippen LogP contribution in [-0.2, 0) is 9.59 Å². The summed E-state index contributed by atoms with van der Waals surface area (Å²) in [4.78, 5) is 27.0. The van der Waals surface area contributed by atoms with Gasteiger partial charge in [0.1, 0.15) is 0 Å². The van der Waals surface area contributed by atoms with E-state index in [4.69, 9.17) is 5.11 Å². The van der Waals surface area contributed by atoms with Gasteiger partial charge in [-0.2, -0.15) is 0 Å². The van der Waals surface area contributed by atoms with Crippen molar-refractivity contribution in [1.82, 2.24) is 10.2 Å². The number of rotatable bonds is 19. The molecular weight excluding hydrogens is 516 g/mol. The molecule has 0 saturated heterocycles. The normalized spacial score (nSPS) is 16.5. The van der Waals surface area contributed by atoms with Crippen LogP contribution in [0.2, 0.25) is 0 Å². The smallest absolute Gasteiger partial charge is 0.305 e. The summed E-state index contributed by atoms with van der Waals surface area (Å²) in [7, 11) is 0. The lowest BCUT2D eigenvalue weighted by molar-refractivity contribution is -0.139. The number of carbonyl (C=O) groups excluding carboxylic acids is 1. The number of allylic oxidation sites excluding steroid dienone is 10. The minimum absolute atomic E-state index is 0.00370. The van der Waals surface area contributed by atoms with Gasteiger partial charge in [0.25, 0.3) is 5.91 Å². The zero-order valence-corrected chi connectivity index (χ0v) is 25.9. The van der Waals surface area contributed by atoms with Crippen molar-refractivity contribution in [1.29, 1.82) is 0 Å². The van der Waals surface area contributed by atoms with Gasteiger partial charge in [-0.25, -0.2) is 0 Å². The summed E-state index contributed by atoms with van der Waals surface area (Å²) < 4.78 is 0. The fourth-order valence-electron chi connectivity index (χ4n) is 4.84. The van der Waals surface area contributed by atoms with Gasteiger partial charge in [0.2, 0.25) is 0 Å². The zero-order chi connectivity index (χ0) is 30.6. The Morgan fingerprint density at radius 2 is 1.83 bits per heavy atom. The second-order valence-electron chi connectivity index (χ2n) is 11.1. The van der Waals surface area contributed by atoms with E-state index in [1.54, 1.807) is 0 Å². The van der Waals surface area contributed by atoms with Crippen LogP contribution in [0.4, 0.5) is 0 Å². The van der Waals surface area contributed by atoms with Crippen LogP contribution in [-0.4, -0.2) is 57.4 Å². The molecule has 0 saturated carbocycles. The molecule has 0 spiro atoms. The average molecular weight is 571 g/mol. The van der Waals surface area contributed by atoms with E-state index < -0.39 is 24.6 Å². The van der Waals surface area contributed by atoms with Crippen molar-refractivity contribution in [3.63, 3.8) is 0 Å². The molecule has 0 aromatic rings. The maximum Gasteiger partial charge on any atom is 0.305 e. The summed E-state index contributed by atoms with van der Waals surface area (Å²) in [5.74, 6) is -1.12. The number of hydrogen-bond donors (Lipinski definition) is 4. The highest BCUT2D eigenvalue weighted by Crippen LogP contribution is 2.26. The molecule has 0 heterocycles. The lowest BCUT2D eigenvalue weighted by atomic mass is 9.96. The molecular formula is C34H54N2O5.